The highest BCUT2D eigenvalue weighted by molar-refractivity contribution is 7.20. The highest BCUT2D eigenvalue weighted by Gasteiger charge is 2.25. The van der Waals surface area contributed by atoms with Crippen LogP contribution in [0.2, 0.25) is 0 Å². The van der Waals surface area contributed by atoms with Crippen LogP contribution in [0.1, 0.15) is 48.5 Å². The third-order valence-corrected chi connectivity index (χ3v) is 5.61. The SMILES string of the molecule is CC(C)c1nn(C)c2sc(C(=O)NC3CCNCC3C)cc12. The maximum absolute atomic E-state index is 12.6. The number of hydrogen-bond donors (Lipinski definition) is 2. The summed E-state index contributed by atoms with van der Waals surface area (Å²) in [5.74, 6) is 0.883. The third-order valence-electron chi connectivity index (χ3n) is 4.41. The molecule has 1 fully saturated rings. The number of rotatable bonds is 3. The second kappa shape index (κ2) is 6.01. The van der Waals surface area contributed by atoms with Crippen molar-refractivity contribution in [1.29, 1.82) is 0 Å². The Morgan fingerprint density at radius 2 is 2.32 bits per heavy atom. The molecule has 2 N–H and O–H groups in total. The number of carbonyl (C=O) groups excluding carboxylic acids is 1. The van der Waals surface area contributed by atoms with E-state index in [9.17, 15) is 4.79 Å². The van der Waals surface area contributed by atoms with Crippen LogP contribution < -0.4 is 10.6 Å². The quantitative estimate of drug-likeness (QED) is 0.913. The molecule has 0 spiro atoms. The van der Waals surface area contributed by atoms with Crippen molar-refractivity contribution >= 4 is 27.5 Å². The Kier molecular flexibility index (Phi) is 4.23. The highest BCUT2D eigenvalue weighted by Crippen LogP contribution is 2.31. The second-order valence-electron chi connectivity index (χ2n) is 6.54. The maximum atomic E-state index is 12.6. The molecule has 0 radical (unpaired) electrons. The fourth-order valence-corrected chi connectivity index (χ4v) is 4.06. The zero-order valence-corrected chi connectivity index (χ0v) is 14.5. The lowest BCUT2D eigenvalue weighted by atomic mass is 9.95. The molecule has 1 amide bonds. The van der Waals surface area contributed by atoms with Gasteiger partial charge in [-0.3, -0.25) is 9.48 Å². The van der Waals surface area contributed by atoms with Crippen LogP contribution in [0.25, 0.3) is 10.2 Å². The Labute approximate surface area is 135 Å². The van der Waals surface area contributed by atoms with Gasteiger partial charge in [0.1, 0.15) is 4.83 Å². The van der Waals surface area contributed by atoms with Gasteiger partial charge in [0, 0.05) is 18.5 Å². The largest absolute Gasteiger partial charge is 0.348 e. The fraction of sp³-hybridized carbons (Fsp3) is 0.625. The standard InChI is InChI=1S/C16H24N4OS/c1-9(2)14-11-7-13(22-16(11)20(4)19-14)15(21)18-12-5-6-17-8-10(12)3/h7,9-10,12,17H,5-6,8H2,1-4H3,(H,18,21). The number of amides is 1. The fourth-order valence-electron chi connectivity index (χ4n) is 3.07. The first kappa shape index (κ1) is 15.5. The second-order valence-corrected chi connectivity index (χ2v) is 7.57. The highest BCUT2D eigenvalue weighted by atomic mass is 32.1. The predicted octanol–water partition coefficient (Wildman–Crippen LogP) is 2.49. The summed E-state index contributed by atoms with van der Waals surface area (Å²) in [7, 11) is 1.95. The van der Waals surface area contributed by atoms with Gasteiger partial charge in [-0.15, -0.1) is 11.3 Å². The van der Waals surface area contributed by atoms with Gasteiger partial charge in [-0.05, 0) is 37.4 Å². The molecule has 1 aliphatic rings. The van der Waals surface area contributed by atoms with Crippen LogP contribution in [-0.2, 0) is 7.05 Å². The Hall–Kier alpha value is -1.40. The maximum Gasteiger partial charge on any atom is 0.261 e. The van der Waals surface area contributed by atoms with E-state index in [-0.39, 0.29) is 11.9 Å². The van der Waals surface area contributed by atoms with Gasteiger partial charge in [-0.1, -0.05) is 20.8 Å². The van der Waals surface area contributed by atoms with E-state index >= 15 is 0 Å². The molecular formula is C16H24N4OS. The number of aryl methyl sites for hydroxylation is 1. The van der Waals surface area contributed by atoms with Crippen molar-refractivity contribution in [1.82, 2.24) is 20.4 Å². The number of nitrogens with one attached hydrogen (secondary N) is 2. The molecule has 1 saturated heterocycles. The van der Waals surface area contributed by atoms with Crippen LogP contribution >= 0.6 is 11.3 Å². The molecule has 0 saturated carbocycles. The van der Waals surface area contributed by atoms with Gasteiger partial charge in [0.25, 0.3) is 5.91 Å². The van der Waals surface area contributed by atoms with Gasteiger partial charge in [-0.2, -0.15) is 5.10 Å². The summed E-state index contributed by atoms with van der Waals surface area (Å²) in [6.45, 7) is 8.40. The molecule has 0 bridgehead atoms. The van der Waals surface area contributed by atoms with Gasteiger partial charge in [0.05, 0.1) is 10.6 Å². The van der Waals surface area contributed by atoms with Crippen LogP contribution in [0.15, 0.2) is 6.07 Å². The zero-order chi connectivity index (χ0) is 15.9. The Morgan fingerprint density at radius 3 is 3.00 bits per heavy atom. The number of piperidine rings is 1. The average Bonchev–Trinajstić information content (AvgIpc) is 3.02. The molecule has 2 aromatic rings. The number of fused-ring (bicyclic) bond motifs is 1. The summed E-state index contributed by atoms with van der Waals surface area (Å²) in [4.78, 5) is 14.4. The molecule has 0 aliphatic carbocycles. The summed E-state index contributed by atoms with van der Waals surface area (Å²) in [6.07, 6.45) is 0.997. The van der Waals surface area contributed by atoms with E-state index < -0.39 is 0 Å². The number of thiophene rings is 1. The van der Waals surface area contributed by atoms with Crippen molar-refractivity contribution in [2.75, 3.05) is 13.1 Å². The molecule has 3 rings (SSSR count). The minimum Gasteiger partial charge on any atom is -0.348 e. The molecule has 1 aliphatic heterocycles. The van der Waals surface area contributed by atoms with Crippen molar-refractivity contribution in [3.05, 3.63) is 16.6 Å². The van der Waals surface area contributed by atoms with E-state index in [0.29, 0.717) is 11.8 Å². The topological polar surface area (TPSA) is 59.0 Å². The smallest absolute Gasteiger partial charge is 0.261 e. The van der Waals surface area contributed by atoms with Crippen molar-refractivity contribution in [2.24, 2.45) is 13.0 Å². The van der Waals surface area contributed by atoms with Crippen LogP contribution in [0.4, 0.5) is 0 Å². The van der Waals surface area contributed by atoms with Crippen molar-refractivity contribution in [2.45, 2.75) is 39.2 Å². The van der Waals surface area contributed by atoms with Gasteiger partial charge in [0.15, 0.2) is 0 Å². The first-order valence-corrected chi connectivity index (χ1v) is 8.77. The lowest BCUT2D eigenvalue weighted by Gasteiger charge is -2.30. The van der Waals surface area contributed by atoms with Gasteiger partial charge in [0.2, 0.25) is 0 Å². The zero-order valence-electron chi connectivity index (χ0n) is 13.6. The molecule has 2 unspecified atom stereocenters. The van der Waals surface area contributed by atoms with Crippen molar-refractivity contribution in [3.63, 3.8) is 0 Å². The van der Waals surface area contributed by atoms with E-state index in [2.05, 4.69) is 36.5 Å². The summed E-state index contributed by atoms with van der Waals surface area (Å²) in [5.41, 5.74) is 1.07. The van der Waals surface area contributed by atoms with E-state index in [1.54, 1.807) is 0 Å². The molecule has 2 aromatic heterocycles. The van der Waals surface area contributed by atoms with Gasteiger partial charge in [-0.25, -0.2) is 0 Å². The molecule has 0 aromatic carbocycles. The van der Waals surface area contributed by atoms with E-state index in [0.717, 1.165) is 40.3 Å². The molecule has 3 heterocycles. The minimum absolute atomic E-state index is 0.0506. The van der Waals surface area contributed by atoms with Gasteiger partial charge < -0.3 is 10.6 Å². The van der Waals surface area contributed by atoms with E-state index in [4.69, 9.17) is 0 Å². The van der Waals surface area contributed by atoms with Crippen LogP contribution in [-0.4, -0.2) is 34.8 Å². The Bertz CT molecular complexity index is 688. The van der Waals surface area contributed by atoms with E-state index in [1.165, 1.54) is 11.3 Å². The van der Waals surface area contributed by atoms with Crippen LogP contribution in [0, 0.1) is 5.92 Å². The number of carbonyl (C=O) groups is 1. The predicted molar refractivity (Wildman–Crippen MR) is 90.6 cm³/mol. The van der Waals surface area contributed by atoms with Crippen LogP contribution in [0.5, 0.6) is 0 Å². The molecule has 6 heteroatoms. The van der Waals surface area contributed by atoms with Gasteiger partial charge >= 0.3 is 0 Å². The summed E-state index contributed by atoms with van der Waals surface area (Å²) < 4.78 is 1.89. The number of hydrogen-bond acceptors (Lipinski definition) is 4. The Balaban J connectivity index is 1.83. The monoisotopic (exact) mass is 320 g/mol. The third kappa shape index (κ3) is 2.77. The van der Waals surface area contributed by atoms with Crippen molar-refractivity contribution < 1.29 is 4.79 Å². The number of nitrogens with zero attached hydrogens (tertiary/aromatic N) is 2. The molecule has 2 atom stereocenters. The lowest BCUT2D eigenvalue weighted by Crippen LogP contribution is -2.48. The average molecular weight is 320 g/mol. The molecule has 5 nitrogen and oxygen atoms in total. The summed E-state index contributed by atoms with van der Waals surface area (Å²) >= 11 is 1.53. The summed E-state index contributed by atoms with van der Waals surface area (Å²) in [6, 6.07) is 2.27. The minimum atomic E-state index is 0.0506. The Morgan fingerprint density at radius 1 is 1.55 bits per heavy atom. The normalized spacial score (nSPS) is 22.4. The molecular weight excluding hydrogens is 296 g/mol. The molecule has 120 valence electrons. The molecule has 22 heavy (non-hydrogen) atoms. The van der Waals surface area contributed by atoms with Crippen LogP contribution in [0.3, 0.4) is 0 Å². The van der Waals surface area contributed by atoms with Crippen molar-refractivity contribution in [3.8, 4) is 0 Å². The summed E-state index contributed by atoms with van der Waals surface area (Å²) in [5, 5.41) is 12.2. The first-order valence-electron chi connectivity index (χ1n) is 7.95. The lowest BCUT2D eigenvalue weighted by molar-refractivity contribution is 0.0918. The number of aromatic nitrogens is 2. The van der Waals surface area contributed by atoms with E-state index in [1.807, 2.05) is 17.8 Å². The first-order chi connectivity index (χ1) is 10.5.